The lowest BCUT2D eigenvalue weighted by Gasteiger charge is -2.01. The molecule has 5 nitrogen and oxygen atoms in total. The van der Waals surface area contributed by atoms with E-state index in [1.165, 1.54) is 12.1 Å². The summed E-state index contributed by atoms with van der Waals surface area (Å²) in [6, 6.07) is 6.15. The summed E-state index contributed by atoms with van der Waals surface area (Å²) in [5.74, 6) is -1.35. The average Bonchev–Trinajstić information content (AvgIpc) is 2.78. The fraction of sp³-hybridized carbons (Fsp3) is 0.0833. The summed E-state index contributed by atoms with van der Waals surface area (Å²) >= 11 is 0. The average molecular weight is 230 g/mol. The Balaban J connectivity index is 2.37. The van der Waals surface area contributed by atoms with Crippen LogP contribution >= 0.6 is 0 Å². The number of ketones is 1. The number of H-pyrrole nitrogens is 1. The number of pyridine rings is 1. The molecule has 2 aromatic heterocycles. The Kier molecular flexibility index (Phi) is 2.74. The van der Waals surface area contributed by atoms with Crippen molar-refractivity contribution >= 4 is 11.8 Å². The second-order valence-corrected chi connectivity index (χ2v) is 3.56. The lowest BCUT2D eigenvalue weighted by Crippen LogP contribution is -2.06. The van der Waals surface area contributed by atoms with Crippen LogP contribution in [0.3, 0.4) is 0 Å². The molecule has 0 fully saturated rings. The minimum absolute atomic E-state index is 0.00473. The van der Waals surface area contributed by atoms with Gasteiger partial charge in [-0.05, 0) is 31.2 Å². The maximum atomic E-state index is 12.0. The van der Waals surface area contributed by atoms with Crippen LogP contribution in [0.25, 0.3) is 0 Å². The standard InChI is InChI=1S/C12H10N2O3/c1-7-8(3-2-6-13-7)11(15)9-4-5-10(14-9)12(16)17/h2-6,14H,1H3,(H,16,17). The van der Waals surface area contributed by atoms with Crippen LogP contribution in [0.5, 0.6) is 0 Å². The van der Waals surface area contributed by atoms with Gasteiger partial charge in [0.15, 0.2) is 0 Å². The molecule has 86 valence electrons. The molecule has 0 radical (unpaired) electrons. The molecule has 2 aromatic rings. The highest BCUT2D eigenvalue weighted by molar-refractivity contribution is 6.09. The van der Waals surface area contributed by atoms with Crippen molar-refractivity contribution in [3.05, 3.63) is 53.1 Å². The number of aromatic carboxylic acids is 1. The molecule has 0 amide bonds. The van der Waals surface area contributed by atoms with Crippen LogP contribution in [0.2, 0.25) is 0 Å². The summed E-state index contributed by atoms with van der Waals surface area (Å²) in [5, 5.41) is 8.75. The van der Waals surface area contributed by atoms with E-state index in [0.717, 1.165) is 0 Å². The predicted molar refractivity (Wildman–Crippen MR) is 60.2 cm³/mol. The SMILES string of the molecule is Cc1ncccc1C(=O)c1ccc(C(=O)O)[nH]1. The first-order valence-electron chi connectivity index (χ1n) is 4.98. The van der Waals surface area contributed by atoms with Crippen molar-refractivity contribution in [2.45, 2.75) is 6.92 Å². The van der Waals surface area contributed by atoms with Gasteiger partial charge in [0.2, 0.25) is 5.78 Å². The monoisotopic (exact) mass is 230 g/mol. The molecule has 17 heavy (non-hydrogen) atoms. The van der Waals surface area contributed by atoms with Crippen molar-refractivity contribution in [1.82, 2.24) is 9.97 Å². The van der Waals surface area contributed by atoms with Gasteiger partial charge in [0.1, 0.15) is 5.69 Å². The third-order valence-corrected chi connectivity index (χ3v) is 2.41. The number of aromatic amines is 1. The number of nitrogens with zero attached hydrogens (tertiary/aromatic N) is 1. The lowest BCUT2D eigenvalue weighted by atomic mass is 10.1. The van der Waals surface area contributed by atoms with Crippen LogP contribution in [-0.4, -0.2) is 26.8 Å². The molecule has 0 aliphatic carbocycles. The number of carbonyl (C=O) groups excluding carboxylic acids is 1. The van der Waals surface area contributed by atoms with Crippen molar-refractivity contribution in [3.8, 4) is 0 Å². The Bertz CT molecular complexity index is 587. The van der Waals surface area contributed by atoms with Crippen LogP contribution in [0.15, 0.2) is 30.5 Å². The lowest BCUT2D eigenvalue weighted by molar-refractivity contribution is 0.0691. The van der Waals surface area contributed by atoms with Crippen molar-refractivity contribution in [2.75, 3.05) is 0 Å². The van der Waals surface area contributed by atoms with Crippen LogP contribution in [0.1, 0.15) is 32.2 Å². The third-order valence-electron chi connectivity index (χ3n) is 2.41. The smallest absolute Gasteiger partial charge is 0.352 e. The molecule has 0 aliphatic rings. The van der Waals surface area contributed by atoms with Crippen LogP contribution in [0.4, 0.5) is 0 Å². The zero-order chi connectivity index (χ0) is 12.4. The number of carboxylic acid groups (broad SMARTS) is 1. The molecule has 0 saturated carbocycles. The van der Waals surface area contributed by atoms with Gasteiger partial charge in [0, 0.05) is 17.5 Å². The summed E-state index contributed by atoms with van der Waals surface area (Å²) < 4.78 is 0. The number of hydrogen-bond donors (Lipinski definition) is 2. The largest absolute Gasteiger partial charge is 0.477 e. The van der Waals surface area contributed by atoms with E-state index in [4.69, 9.17) is 5.11 Å². The van der Waals surface area contributed by atoms with E-state index in [1.807, 2.05) is 0 Å². The Labute approximate surface area is 97.1 Å². The number of carboxylic acids is 1. The zero-order valence-corrected chi connectivity index (χ0v) is 9.10. The van der Waals surface area contributed by atoms with Crippen LogP contribution in [0, 0.1) is 6.92 Å². The highest BCUT2D eigenvalue weighted by atomic mass is 16.4. The second kappa shape index (κ2) is 4.21. The maximum absolute atomic E-state index is 12.0. The molecule has 0 spiro atoms. The van der Waals surface area contributed by atoms with E-state index in [2.05, 4.69) is 9.97 Å². The molecule has 0 aromatic carbocycles. The highest BCUT2D eigenvalue weighted by Gasteiger charge is 2.15. The summed E-state index contributed by atoms with van der Waals surface area (Å²) in [7, 11) is 0. The van der Waals surface area contributed by atoms with E-state index < -0.39 is 5.97 Å². The molecule has 0 aliphatic heterocycles. The van der Waals surface area contributed by atoms with Crippen molar-refractivity contribution < 1.29 is 14.7 Å². The molecule has 2 rings (SSSR count). The van der Waals surface area contributed by atoms with Crippen LogP contribution in [-0.2, 0) is 0 Å². The molecular weight excluding hydrogens is 220 g/mol. The number of hydrogen-bond acceptors (Lipinski definition) is 3. The Morgan fingerprint density at radius 3 is 2.53 bits per heavy atom. The number of rotatable bonds is 3. The quantitative estimate of drug-likeness (QED) is 0.785. The van der Waals surface area contributed by atoms with Crippen LogP contribution < -0.4 is 0 Å². The van der Waals surface area contributed by atoms with E-state index in [9.17, 15) is 9.59 Å². The van der Waals surface area contributed by atoms with E-state index in [1.54, 1.807) is 25.3 Å². The Morgan fingerprint density at radius 2 is 1.94 bits per heavy atom. The van der Waals surface area contributed by atoms with E-state index in [0.29, 0.717) is 11.3 Å². The first kappa shape index (κ1) is 11.1. The summed E-state index contributed by atoms with van der Waals surface area (Å²) in [5.41, 5.74) is 1.32. The molecule has 0 bridgehead atoms. The Hall–Kier alpha value is -2.43. The van der Waals surface area contributed by atoms with Gasteiger partial charge in [-0.2, -0.15) is 0 Å². The first-order chi connectivity index (χ1) is 8.09. The fourth-order valence-corrected chi connectivity index (χ4v) is 1.52. The van der Waals surface area contributed by atoms with Gasteiger partial charge in [0.05, 0.1) is 5.69 Å². The molecule has 5 heteroatoms. The predicted octanol–water partition coefficient (Wildman–Crippen LogP) is 1.65. The zero-order valence-electron chi connectivity index (χ0n) is 9.10. The van der Waals surface area contributed by atoms with Gasteiger partial charge in [0.25, 0.3) is 0 Å². The molecule has 2 N–H and O–H groups in total. The minimum atomic E-state index is -1.09. The molecule has 0 unspecified atom stereocenters. The van der Waals surface area contributed by atoms with Gasteiger partial charge in [-0.3, -0.25) is 9.78 Å². The molecular formula is C12H10N2O3. The van der Waals surface area contributed by atoms with Gasteiger partial charge in [-0.15, -0.1) is 0 Å². The summed E-state index contributed by atoms with van der Waals surface area (Å²) in [4.78, 5) is 29.3. The van der Waals surface area contributed by atoms with E-state index in [-0.39, 0.29) is 17.2 Å². The van der Waals surface area contributed by atoms with Gasteiger partial charge < -0.3 is 10.1 Å². The maximum Gasteiger partial charge on any atom is 0.352 e. The number of aromatic nitrogens is 2. The number of aryl methyl sites for hydroxylation is 1. The minimum Gasteiger partial charge on any atom is -0.477 e. The topological polar surface area (TPSA) is 83.1 Å². The third kappa shape index (κ3) is 2.08. The van der Waals surface area contributed by atoms with Crippen molar-refractivity contribution in [1.29, 1.82) is 0 Å². The van der Waals surface area contributed by atoms with Gasteiger partial charge in [-0.25, -0.2) is 4.79 Å². The number of nitrogens with one attached hydrogen (secondary N) is 1. The summed E-state index contributed by atoms with van der Waals surface area (Å²) in [6.45, 7) is 1.73. The molecule has 0 saturated heterocycles. The first-order valence-corrected chi connectivity index (χ1v) is 4.98. The number of carbonyl (C=O) groups is 2. The van der Waals surface area contributed by atoms with Gasteiger partial charge >= 0.3 is 5.97 Å². The second-order valence-electron chi connectivity index (χ2n) is 3.56. The van der Waals surface area contributed by atoms with Crippen molar-refractivity contribution in [3.63, 3.8) is 0 Å². The fourth-order valence-electron chi connectivity index (χ4n) is 1.52. The van der Waals surface area contributed by atoms with E-state index >= 15 is 0 Å². The highest BCUT2D eigenvalue weighted by Crippen LogP contribution is 2.12. The van der Waals surface area contributed by atoms with Gasteiger partial charge in [-0.1, -0.05) is 0 Å². The summed E-state index contributed by atoms with van der Waals surface area (Å²) in [6.07, 6.45) is 1.60. The molecule has 0 atom stereocenters. The normalized spacial score (nSPS) is 10.2. The van der Waals surface area contributed by atoms with Crippen molar-refractivity contribution in [2.24, 2.45) is 0 Å². The molecule has 2 heterocycles. The Morgan fingerprint density at radius 1 is 1.24 bits per heavy atom.